The monoisotopic (exact) mass is 279 g/mol. The molecule has 1 atom stereocenters. The summed E-state index contributed by atoms with van der Waals surface area (Å²) in [7, 11) is 0. The fraction of sp³-hybridized carbons (Fsp3) is 0.467. The van der Waals surface area contributed by atoms with Crippen LogP contribution >= 0.6 is 0 Å². The van der Waals surface area contributed by atoms with Gasteiger partial charge < -0.3 is 15.5 Å². The minimum atomic E-state index is -0.913. The number of hydrogen-bond acceptors (Lipinski definition) is 3. The maximum absolute atomic E-state index is 11.9. The van der Waals surface area contributed by atoms with Gasteiger partial charge in [-0.1, -0.05) is 26.0 Å². The van der Waals surface area contributed by atoms with Gasteiger partial charge in [-0.3, -0.25) is 9.59 Å². The van der Waals surface area contributed by atoms with E-state index >= 15 is 0 Å². The molecule has 1 unspecified atom stereocenters. The topological polar surface area (TPSA) is 86.6 Å². The Bertz CT molecular complexity index is 496. The summed E-state index contributed by atoms with van der Waals surface area (Å²) in [6.07, 6.45) is 0.0867. The van der Waals surface area contributed by atoms with E-state index < -0.39 is 11.4 Å². The van der Waals surface area contributed by atoms with Crippen molar-refractivity contribution in [3.05, 3.63) is 29.8 Å². The van der Waals surface area contributed by atoms with Gasteiger partial charge in [-0.05, 0) is 30.0 Å². The number of carboxylic acid groups (broad SMARTS) is 1. The highest BCUT2D eigenvalue weighted by Gasteiger charge is 2.25. The van der Waals surface area contributed by atoms with E-state index in [4.69, 9.17) is 5.11 Å². The molecule has 0 saturated carbocycles. The molecule has 0 spiro atoms. The van der Waals surface area contributed by atoms with Crippen LogP contribution in [-0.2, 0) is 9.59 Å². The van der Waals surface area contributed by atoms with Crippen LogP contribution in [0.2, 0.25) is 0 Å². The molecule has 20 heavy (non-hydrogen) atoms. The summed E-state index contributed by atoms with van der Waals surface area (Å²) in [5, 5.41) is 21.0. The molecule has 3 N–H and O–H groups in total. The lowest BCUT2D eigenvalue weighted by Crippen LogP contribution is -2.31. The fourth-order valence-corrected chi connectivity index (χ4v) is 2.08. The standard InChI is InChI=1S/C15H21NO4/c1-10(11-5-4-6-12(17)7-11)16-13(18)8-15(2,3)9-14(19)20/h4-7,10,17H,8-9H2,1-3H3,(H,16,18)(H,19,20). The third-order valence-electron chi connectivity index (χ3n) is 3.02. The molecule has 1 amide bonds. The van der Waals surface area contributed by atoms with Crippen molar-refractivity contribution in [3.8, 4) is 5.75 Å². The highest BCUT2D eigenvalue weighted by molar-refractivity contribution is 5.78. The molecule has 1 rings (SSSR count). The molecule has 0 fully saturated rings. The molecule has 0 aromatic heterocycles. The van der Waals surface area contributed by atoms with E-state index in [2.05, 4.69) is 5.32 Å². The molecular weight excluding hydrogens is 258 g/mol. The van der Waals surface area contributed by atoms with Crippen LogP contribution in [-0.4, -0.2) is 22.1 Å². The lowest BCUT2D eigenvalue weighted by molar-refractivity contribution is -0.139. The smallest absolute Gasteiger partial charge is 0.303 e. The average molecular weight is 279 g/mol. The second-order valence-electron chi connectivity index (χ2n) is 5.80. The van der Waals surface area contributed by atoms with Crippen molar-refractivity contribution in [2.24, 2.45) is 5.41 Å². The Morgan fingerprint density at radius 3 is 2.50 bits per heavy atom. The SMILES string of the molecule is CC(NC(=O)CC(C)(C)CC(=O)O)c1cccc(O)c1. The number of benzene rings is 1. The van der Waals surface area contributed by atoms with Crippen molar-refractivity contribution < 1.29 is 19.8 Å². The fourth-order valence-electron chi connectivity index (χ4n) is 2.08. The molecule has 0 aliphatic heterocycles. The van der Waals surface area contributed by atoms with Gasteiger partial charge in [0.2, 0.25) is 5.91 Å². The average Bonchev–Trinajstić information content (AvgIpc) is 2.25. The number of rotatable bonds is 6. The van der Waals surface area contributed by atoms with E-state index in [0.29, 0.717) is 0 Å². The Labute approximate surface area is 118 Å². The minimum Gasteiger partial charge on any atom is -0.508 e. The van der Waals surface area contributed by atoms with Gasteiger partial charge in [0.15, 0.2) is 0 Å². The molecule has 0 aliphatic rings. The van der Waals surface area contributed by atoms with Crippen LogP contribution in [0.25, 0.3) is 0 Å². The van der Waals surface area contributed by atoms with Gasteiger partial charge in [-0.15, -0.1) is 0 Å². The zero-order valence-electron chi connectivity index (χ0n) is 12.0. The highest BCUT2D eigenvalue weighted by atomic mass is 16.4. The van der Waals surface area contributed by atoms with Gasteiger partial charge in [0, 0.05) is 6.42 Å². The Morgan fingerprint density at radius 1 is 1.30 bits per heavy atom. The zero-order chi connectivity index (χ0) is 15.3. The number of phenols is 1. The third kappa shape index (κ3) is 5.30. The first kappa shape index (κ1) is 16.0. The first-order valence-corrected chi connectivity index (χ1v) is 6.50. The summed E-state index contributed by atoms with van der Waals surface area (Å²) in [6, 6.07) is 6.44. The summed E-state index contributed by atoms with van der Waals surface area (Å²) < 4.78 is 0. The second-order valence-corrected chi connectivity index (χ2v) is 5.80. The molecule has 1 aromatic carbocycles. The third-order valence-corrected chi connectivity index (χ3v) is 3.02. The summed E-state index contributed by atoms with van der Waals surface area (Å²) in [5.41, 5.74) is 0.212. The van der Waals surface area contributed by atoms with Crippen molar-refractivity contribution in [2.75, 3.05) is 0 Å². The van der Waals surface area contributed by atoms with Gasteiger partial charge >= 0.3 is 5.97 Å². The molecule has 0 aliphatic carbocycles. The molecule has 1 aromatic rings. The van der Waals surface area contributed by atoms with Crippen molar-refractivity contribution in [1.29, 1.82) is 0 Å². The van der Waals surface area contributed by atoms with E-state index in [9.17, 15) is 14.7 Å². The maximum atomic E-state index is 11.9. The summed E-state index contributed by atoms with van der Waals surface area (Å²) >= 11 is 0. The van der Waals surface area contributed by atoms with Crippen molar-refractivity contribution in [3.63, 3.8) is 0 Å². The Morgan fingerprint density at radius 2 is 1.95 bits per heavy atom. The maximum Gasteiger partial charge on any atom is 0.303 e. The van der Waals surface area contributed by atoms with Gasteiger partial charge in [0.05, 0.1) is 12.5 Å². The lowest BCUT2D eigenvalue weighted by Gasteiger charge is -2.23. The van der Waals surface area contributed by atoms with E-state index in [1.165, 1.54) is 0 Å². The van der Waals surface area contributed by atoms with E-state index in [-0.39, 0.29) is 30.5 Å². The highest BCUT2D eigenvalue weighted by Crippen LogP contribution is 2.25. The van der Waals surface area contributed by atoms with Gasteiger partial charge in [-0.25, -0.2) is 0 Å². The Kier molecular flexibility index (Phi) is 5.13. The second kappa shape index (κ2) is 6.41. The van der Waals surface area contributed by atoms with Crippen molar-refractivity contribution in [1.82, 2.24) is 5.32 Å². The van der Waals surface area contributed by atoms with E-state index in [0.717, 1.165) is 5.56 Å². The minimum absolute atomic E-state index is 0.0546. The van der Waals surface area contributed by atoms with Gasteiger partial charge in [0.1, 0.15) is 5.75 Å². The van der Waals surface area contributed by atoms with Crippen LogP contribution in [0.3, 0.4) is 0 Å². The zero-order valence-corrected chi connectivity index (χ0v) is 12.0. The molecule has 0 heterocycles. The molecule has 110 valence electrons. The van der Waals surface area contributed by atoms with Crippen molar-refractivity contribution in [2.45, 2.75) is 39.7 Å². The number of carboxylic acids is 1. The van der Waals surface area contributed by atoms with Crippen LogP contribution < -0.4 is 5.32 Å². The number of nitrogens with one attached hydrogen (secondary N) is 1. The van der Waals surface area contributed by atoms with Crippen molar-refractivity contribution >= 4 is 11.9 Å². The van der Waals surface area contributed by atoms with E-state index in [1.807, 2.05) is 13.0 Å². The molecule has 0 radical (unpaired) electrons. The summed E-state index contributed by atoms with van der Waals surface area (Å²) in [4.78, 5) is 22.7. The first-order valence-electron chi connectivity index (χ1n) is 6.50. The number of aliphatic carboxylic acids is 1. The van der Waals surface area contributed by atoms with Crippen LogP contribution in [0.5, 0.6) is 5.75 Å². The normalized spacial score (nSPS) is 12.8. The van der Waals surface area contributed by atoms with Crippen LogP contribution in [0.15, 0.2) is 24.3 Å². The molecule has 5 nitrogen and oxygen atoms in total. The Balaban J connectivity index is 2.60. The molecule has 0 saturated heterocycles. The predicted molar refractivity (Wildman–Crippen MR) is 75.3 cm³/mol. The predicted octanol–water partition coefficient (Wildman–Crippen LogP) is 2.46. The molecular formula is C15H21NO4. The van der Waals surface area contributed by atoms with Gasteiger partial charge in [0.25, 0.3) is 0 Å². The molecule has 5 heteroatoms. The first-order chi connectivity index (χ1) is 9.19. The number of carbonyl (C=O) groups excluding carboxylic acids is 1. The largest absolute Gasteiger partial charge is 0.508 e. The number of carbonyl (C=O) groups is 2. The number of phenolic OH excluding ortho intramolecular Hbond substituents is 1. The van der Waals surface area contributed by atoms with Crippen LogP contribution in [0.1, 0.15) is 45.2 Å². The van der Waals surface area contributed by atoms with Gasteiger partial charge in [-0.2, -0.15) is 0 Å². The quantitative estimate of drug-likeness (QED) is 0.746. The number of aromatic hydroxyl groups is 1. The summed E-state index contributed by atoms with van der Waals surface area (Å²) in [6.45, 7) is 5.32. The van der Waals surface area contributed by atoms with E-state index in [1.54, 1.807) is 32.0 Å². The van der Waals surface area contributed by atoms with Crippen LogP contribution in [0.4, 0.5) is 0 Å². The lowest BCUT2D eigenvalue weighted by atomic mass is 9.85. The van der Waals surface area contributed by atoms with Crippen LogP contribution in [0, 0.1) is 5.41 Å². The molecule has 0 bridgehead atoms. The Hall–Kier alpha value is -2.04. The summed E-state index contributed by atoms with van der Waals surface area (Å²) in [5.74, 6) is -0.967. The number of hydrogen-bond donors (Lipinski definition) is 3. The number of amides is 1.